The number of benzene rings is 1. The van der Waals surface area contributed by atoms with Gasteiger partial charge in [0, 0.05) is 23.2 Å². The number of carbonyl (C=O) groups excluding carboxylic acids is 1. The number of anilines is 3. The van der Waals surface area contributed by atoms with Crippen LogP contribution in [0.5, 0.6) is 0 Å². The first kappa shape index (κ1) is 32.0. The highest BCUT2D eigenvalue weighted by atomic mass is 32.2. The Labute approximate surface area is 214 Å². The Balaban J connectivity index is 0.00000272. The number of carbonyl (C=O) groups is 1. The molecule has 1 amide bonds. The normalized spacial score (nSPS) is 21.2. The van der Waals surface area contributed by atoms with E-state index in [0.29, 0.717) is 36.0 Å². The van der Waals surface area contributed by atoms with Crippen LogP contribution in [0.4, 0.5) is 30.6 Å². The van der Waals surface area contributed by atoms with Gasteiger partial charge < -0.3 is 15.5 Å². The van der Waals surface area contributed by atoms with Crippen molar-refractivity contribution < 1.29 is 22.2 Å². The van der Waals surface area contributed by atoms with Gasteiger partial charge in [-0.2, -0.15) is 32.0 Å². The quantitative estimate of drug-likeness (QED) is 0.566. The van der Waals surface area contributed by atoms with E-state index in [2.05, 4.69) is 20.6 Å². The zero-order valence-electron chi connectivity index (χ0n) is 17.5. The lowest BCUT2D eigenvalue weighted by atomic mass is 9.92. The van der Waals surface area contributed by atoms with E-state index in [-0.39, 0.29) is 70.0 Å². The first-order valence-corrected chi connectivity index (χ1v) is 10.6. The summed E-state index contributed by atoms with van der Waals surface area (Å²) >= 11 is 0. The van der Waals surface area contributed by atoms with Crippen molar-refractivity contribution in [1.82, 2.24) is 9.97 Å². The van der Waals surface area contributed by atoms with Gasteiger partial charge in [-0.05, 0) is 38.8 Å². The Morgan fingerprint density at radius 1 is 1.12 bits per heavy atom. The predicted molar refractivity (Wildman–Crippen MR) is 141 cm³/mol. The molecular formula is C21H32F3N5O2S3. The number of halogens is 3. The number of aromatic nitrogens is 2. The Morgan fingerprint density at radius 3 is 2.24 bits per heavy atom. The number of nitrogens with zero attached hydrogens (tertiary/aromatic N) is 3. The maximum atomic E-state index is 13.4. The van der Waals surface area contributed by atoms with Gasteiger partial charge in [-0.3, -0.25) is 9.00 Å². The average Bonchev–Trinajstić information content (AvgIpc) is 2.67. The highest BCUT2D eigenvalue weighted by Gasteiger charge is 2.36. The lowest BCUT2D eigenvalue weighted by Crippen LogP contribution is -2.45. The van der Waals surface area contributed by atoms with E-state index in [4.69, 9.17) is 0 Å². The van der Waals surface area contributed by atoms with Crippen LogP contribution < -0.4 is 15.5 Å². The monoisotopic (exact) mass is 539 g/mol. The molecule has 13 heteroatoms. The summed E-state index contributed by atoms with van der Waals surface area (Å²) in [5, 5.41) is 5.68. The van der Waals surface area contributed by atoms with Gasteiger partial charge in [-0.15, -0.1) is 0 Å². The Kier molecular flexibility index (Phi) is 11.4. The van der Waals surface area contributed by atoms with Crippen LogP contribution in [0.1, 0.15) is 40.3 Å². The molecule has 0 radical (unpaired) electrons. The van der Waals surface area contributed by atoms with Crippen molar-refractivity contribution in [2.24, 2.45) is 0 Å². The van der Waals surface area contributed by atoms with Crippen LogP contribution in [0.3, 0.4) is 0 Å². The third-order valence-electron chi connectivity index (χ3n) is 5.53. The molecule has 2 aliphatic rings. The number of likely N-dealkylation sites (N-methyl/N-ethyl adjacent to an activating group) is 1. The molecule has 4 rings (SSSR count). The summed E-state index contributed by atoms with van der Waals surface area (Å²) in [7, 11) is 0.127. The molecule has 1 saturated carbocycles. The Hall–Kier alpha value is -1.99. The predicted octanol–water partition coefficient (Wildman–Crippen LogP) is 4.23. The van der Waals surface area contributed by atoms with Crippen LogP contribution in [0.15, 0.2) is 17.0 Å². The molecule has 0 saturated heterocycles. The second-order valence-corrected chi connectivity index (χ2v) is 9.27. The molecule has 7 nitrogen and oxygen atoms in total. The molecule has 1 aliphatic heterocycles. The van der Waals surface area contributed by atoms with Gasteiger partial charge in [0.05, 0.1) is 16.5 Å². The van der Waals surface area contributed by atoms with Crippen molar-refractivity contribution in [2.45, 2.75) is 63.8 Å². The fourth-order valence-electron chi connectivity index (χ4n) is 3.49. The highest BCUT2D eigenvalue weighted by Crippen LogP contribution is 2.35. The van der Waals surface area contributed by atoms with Gasteiger partial charge in [0.1, 0.15) is 11.7 Å². The minimum Gasteiger partial charge on any atom is -0.351 e. The number of aryl methyl sites for hydroxylation is 1. The van der Waals surface area contributed by atoms with Crippen molar-refractivity contribution >= 4 is 61.2 Å². The van der Waals surface area contributed by atoms with E-state index in [1.807, 2.05) is 0 Å². The van der Waals surface area contributed by atoms with Gasteiger partial charge in [0.15, 0.2) is 23.3 Å². The molecule has 0 spiro atoms. The summed E-state index contributed by atoms with van der Waals surface area (Å²) in [5.41, 5.74) is 1.19. The van der Waals surface area contributed by atoms with Crippen LogP contribution in [-0.2, 0) is 15.6 Å². The molecule has 1 aromatic heterocycles. The van der Waals surface area contributed by atoms with Crippen LogP contribution in [-0.4, -0.2) is 44.5 Å². The lowest BCUT2D eigenvalue weighted by Gasteiger charge is -2.36. The van der Waals surface area contributed by atoms with Crippen molar-refractivity contribution in [2.75, 3.05) is 22.6 Å². The van der Waals surface area contributed by atoms with Crippen molar-refractivity contribution in [3.8, 4) is 0 Å². The van der Waals surface area contributed by atoms with Crippen LogP contribution >= 0.6 is 27.0 Å². The summed E-state index contributed by atoms with van der Waals surface area (Å²) in [4.78, 5) is 22.6. The van der Waals surface area contributed by atoms with E-state index in [0.717, 1.165) is 12.1 Å². The fraction of sp³-hybridized carbons (Fsp3) is 0.476. The lowest BCUT2D eigenvalue weighted by molar-refractivity contribution is -0.117. The third kappa shape index (κ3) is 5.80. The molecule has 2 aromatic rings. The molecule has 2 N–H and O–H groups in total. The number of rotatable bonds is 4. The largest absolute Gasteiger partial charge is 0.351 e. The van der Waals surface area contributed by atoms with Gasteiger partial charge in [0.25, 0.3) is 0 Å². The van der Waals surface area contributed by atoms with Crippen molar-refractivity contribution in [1.29, 1.82) is 0 Å². The molecule has 192 valence electrons. The van der Waals surface area contributed by atoms with Gasteiger partial charge in [-0.25, -0.2) is 18.2 Å². The summed E-state index contributed by atoms with van der Waals surface area (Å²) < 4.78 is 52.4. The van der Waals surface area contributed by atoms with Crippen LogP contribution in [0, 0.1) is 24.4 Å². The number of hydrogen-bond donors (Lipinski definition) is 2. The molecule has 1 aliphatic carbocycles. The van der Waals surface area contributed by atoms with Gasteiger partial charge in [-0.1, -0.05) is 14.9 Å². The maximum absolute atomic E-state index is 13.4. The van der Waals surface area contributed by atoms with E-state index < -0.39 is 28.3 Å². The number of hydrogen-bond acceptors (Lipinski definition) is 6. The van der Waals surface area contributed by atoms with Crippen molar-refractivity contribution in [3.63, 3.8) is 0 Å². The van der Waals surface area contributed by atoms with Crippen LogP contribution in [0.25, 0.3) is 0 Å². The molecule has 1 fully saturated rings. The van der Waals surface area contributed by atoms with Gasteiger partial charge in [0.2, 0.25) is 11.9 Å². The first-order chi connectivity index (χ1) is 14.2. The Bertz CT molecular complexity index is 1050. The summed E-state index contributed by atoms with van der Waals surface area (Å²) in [6.45, 7) is 3.54. The number of amides is 1. The minimum absolute atomic E-state index is 0. The average molecular weight is 540 g/mol. The van der Waals surface area contributed by atoms with E-state index in [9.17, 15) is 22.2 Å². The molecule has 2 atom stereocenters. The molecular weight excluding hydrogens is 507 g/mol. The molecule has 0 unspecified atom stereocenters. The fourth-order valence-corrected chi connectivity index (χ4v) is 5.13. The first-order valence-electron chi connectivity index (χ1n) is 9.39. The SMILES string of the molecule is C.C.Cc1nc(NC2CC([S@](=O)c3cc(F)c(F)c(F)c3)C2)nc2c1NC(=O)[C@H](C)N2C.S.S. The molecule has 2 heterocycles. The van der Waals surface area contributed by atoms with Gasteiger partial charge >= 0.3 is 0 Å². The summed E-state index contributed by atoms with van der Waals surface area (Å²) in [6.07, 6.45) is 0.964. The number of nitrogens with one attached hydrogen (secondary N) is 2. The molecule has 0 bridgehead atoms. The second kappa shape index (κ2) is 12.1. The number of fused-ring (bicyclic) bond motifs is 1. The van der Waals surface area contributed by atoms with Crippen LogP contribution in [0.2, 0.25) is 0 Å². The maximum Gasteiger partial charge on any atom is 0.246 e. The zero-order valence-corrected chi connectivity index (χ0v) is 20.3. The molecule has 34 heavy (non-hydrogen) atoms. The molecule has 1 aromatic carbocycles. The summed E-state index contributed by atoms with van der Waals surface area (Å²) in [5.74, 6) is -3.41. The Morgan fingerprint density at radius 2 is 1.68 bits per heavy atom. The van der Waals surface area contributed by atoms with E-state index in [1.165, 1.54) is 0 Å². The minimum atomic E-state index is -1.65. The topological polar surface area (TPSA) is 87.2 Å². The smallest absolute Gasteiger partial charge is 0.246 e. The second-order valence-electron chi connectivity index (χ2n) is 7.54. The van der Waals surface area contributed by atoms with E-state index >= 15 is 0 Å². The third-order valence-corrected chi connectivity index (χ3v) is 7.22. The van der Waals surface area contributed by atoms with E-state index in [1.54, 1.807) is 25.8 Å². The standard InChI is InChI=1S/C19H20F3N5O2S.2CH4.2H2S/c1-8-16-17(27(3)9(2)18(28)25-16)26-19(23-8)24-10-4-11(5-10)30(29)12-6-13(20)15(22)14(21)7-12;;;;/h6-7,9-11H,4-5H2,1-3H3,(H,25,28)(H,23,24,26);2*1H4;2*1H2/t9-,10?,11?,30-;;;;/m0..../s1. The van der Waals surface area contributed by atoms with Crippen molar-refractivity contribution in [3.05, 3.63) is 35.3 Å². The highest BCUT2D eigenvalue weighted by molar-refractivity contribution is 7.85. The summed E-state index contributed by atoms with van der Waals surface area (Å²) in [6, 6.07) is 1.12. The zero-order chi connectivity index (χ0) is 21.7.